The van der Waals surface area contributed by atoms with Crippen molar-refractivity contribution in [1.82, 2.24) is 15.1 Å². The van der Waals surface area contributed by atoms with Crippen molar-refractivity contribution >= 4 is 28.7 Å². The number of anilines is 1. The normalized spacial score (nSPS) is 15.7. The third-order valence-corrected chi connectivity index (χ3v) is 3.69. The standard InChI is InChI=1S/C14H15FN4O2.H2/c1-3-8-6-11-9(7-10(8)15)13(17-18(11)2)19-5-4-12(20)16-14(19)21;/h6-7H,3-5H2,1-2H3,(H,16,20,21);1H. The Hall–Kier alpha value is -2.44. The van der Waals surface area contributed by atoms with Crippen LogP contribution in [0.4, 0.5) is 15.0 Å². The van der Waals surface area contributed by atoms with E-state index in [1.54, 1.807) is 17.8 Å². The van der Waals surface area contributed by atoms with Crippen LogP contribution in [0.15, 0.2) is 12.1 Å². The monoisotopic (exact) mass is 292 g/mol. The summed E-state index contributed by atoms with van der Waals surface area (Å²) in [6, 6.07) is 2.63. The Morgan fingerprint density at radius 2 is 2.19 bits per heavy atom. The van der Waals surface area contributed by atoms with Crippen LogP contribution in [0.3, 0.4) is 0 Å². The topological polar surface area (TPSA) is 67.2 Å². The Balaban J connectivity index is 0.00000176. The molecule has 3 rings (SSSR count). The quantitative estimate of drug-likeness (QED) is 0.920. The van der Waals surface area contributed by atoms with Gasteiger partial charge in [0.15, 0.2) is 5.82 Å². The van der Waals surface area contributed by atoms with E-state index in [0.29, 0.717) is 23.2 Å². The number of hydrogen-bond acceptors (Lipinski definition) is 3. The zero-order chi connectivity index (χ0) is 15.1. The van der Waals surface area contributed by atoms with Crippen molar-refractivity contribution in [3.05, 3.63) is 23.5 Å². The number of aromatic nitrogens is 2. The lowest BCUT2D eigenvalue weighted by molar-refractivity contribution is -0.120. The van der Waals surface area contributed by atoms with Crippen LogP contribution in [0.2, 0.25) is 0 Å². The Morgan fingerprint density at radius 3 is 2.86 bits per heavy atom. The highest BCUT2D eigenvalue weighted by atomic mass is 19.1. The number of hydrogen-bond donors (Lipinski definition) is 1. The van der Waals surface area contributed by atoms with Crippen LogP contribution in [0.1, 0.15) is 20.3 Å². The van der Waals surface area contributed by atoms with Gasteiger partial charge in [-0.15, -0.1) is 0 Å². The average molecular weight is 292 g/mol. The highest BCUT2D eigenvalue weighted by molar-refractivity contribution is 6.08. The second kappa shape index (κ2) is 4.83. The molecule has 1 aromatic heterocycles. The van der Waals surface area contributed by atoms with Crippen LogP contribution in [-0.2, 0) is 18.3 Å². The predicted molar refractivity (Wildman–Crippen MR) is 77.7 cm³/mol. The Labute approximate surface area is 122 Å². The molecular weight excluding hydrogens is 275 g/mol. The van der Waals surface area contributed by atoms with E-state index in [1.807, 2.05) is 6.92 Å². The zero-order valence-electron chi connectivity index (χ0n) is 11.8. The molecule has 0 unspecified atom stereocenters. The van der Waals surface area contributed by atoms with Gasteiger partial charge in [-0.2, -0.15) is 5.10 Å². The molecule has 3 amide bonds. The van der Waals surface area contributed by atoms with Crippen molar-refractivity contribution in [2.24, 2.45) is 7.05 Å². The van der Waals surface area contributed by atoms with Crippen molar-refractivity contribution in [2.45, 2.75) is 19.8 Å². The fraction of sp³-hybridized carbons (Fsp3) is 0.357. The van der Waals surface area contributed by atoms with E-state index in [1.165, 1.54) is 11.0 Å². The fourth-order valence-electron chi connectivity index (χ4n) is 2.54. The van der Waals surface area contributed by atoms with Gasteiger partial charge in [-0.25, -0.2) is 9.18 Å². The van der Waals surface area contributed by atoms with Gasteiger partial charge in [0.1, 0.15) is 5.82 Å². The van der Waals surface area contributed by atoms with Crippen LogP contribution in [0, 0.1) is 5.82 Å². The third kappa shape index (κ3) is 2.14. The summed E-state index contributed by atoms with van der Waals surface area (Å²) in [5, 5.41) is 7.12. The molecule has 7 heteroatoms. The minimum absolute atomic E-state index is 0. The summed E-state index contributed by atoms with van der Waals surface area (Å²) in [5.74, 6) is -0.247. The number of fused-ring (bicyclic) bond motifs is 1. The van der Waals surface area contributed by atoms with Crippen LogP contribution >= 0.6 is 0 Å². The lowest BCUT2D eigenvalue weighted by Gasteiger charge is -2.24. The number of halogens is 1. The van der Waals surface area contributed by atoms with Gasteiger partial charge in [0.05, 0.1) is 5.52 Å². The van der Waals surface area contributed by atoms with E-state index in [9.17, 15) is 14.0 Å². The van der Waals surface area contributed by atoms with E-state index in [4.69, 9.17) is 0 Å². The van der Waals surface area contributed by atoms with Gasteiger partial charge in [0.2, 0.25) is 5.91 Å². The highest BCUT2D eigenvalue weighted by Crippen LogP contribution is 2.29. The third-order valence-electron chi connectivity index (χ3n) is 3.69. The van der Waals surface area contributed by atoms with E-state index in [2.05, 4.69) is 10.4 Å². The molecule has 1 fully saturated rings. The van der Waals surface area contributed by atoms with E-state index in [-0.39, 0.29) is 26.1 Å². The number of aryl methyl sites for hydroxylation is 2. The molecule has 2 heterocycles. The zero-order valence-corrected chi connectivity index (χ0v) is 11.8. The first-order chi connectivity index (χ1) is 10.0. The van der Waals surface area contributed by atoms with E-state index in [0.717, 1.165) is 5.52 Å². The molecule has 2 aromatic rings. The largest absolute Gasteiger partial charge is 0.329 e. The van der Waals surface area contributed by atoms with Gasteiger partial charge in [-0.3, -0.25) is 19.7 Å². The van der Waals surface area contributed by atoms with Crippen molar-refractivity contribution in [3.8, 4) is 0 Å². The number of carbonyl (C=O) groups is 2. The first kappa shape index (κ1) is 13.5. The Kier molecular flexibility index (Phi) is 3.12. The number of nitrogens with one attached hydrogen (secondary N) is 1. The summed E-state index contributed by atoms with van der Waals surface area (Å²) in [6.45, 7) is 2.12. The number of imide groups is 1. The molecule has 0 aliphatic carbocycles. The molecule has 1 aliphatic rings. The van der Waals surface area contributed by atoms with Gasteiger partial charge in [-0.05, 0) is 24.1 Å². The lowest BCUT2D eigenvalue weighted by atomic mass is 10.1. The van der Waals surface area contributed by atoms with Gasteiger partial charge in [0.25, 0.3) is 0 Å². The summed E-state index contributed by atoms with van der Waals surface area (Å²) in [6.07, 6.45) is 0.792. The molecule has 0 spiro atoms. The van der Waals surface area contributed by atoms with Crippen molar-refractivity contribution < 1.29 is 15.4 Å². The van der Waals surface area contributed by atoms with Crippen molar-refractivity contribution in [3.63, 3.8) is 0 Å². The molecule has 6 nitrogen and oxygen atoms in total. The number of urea groups is 1. The first-order valence-electron chi connectivity index (χ1n) is 6.77. The summed E-state index contributed by atoms with van der Waals surface area (Å²) in [7, 11) is 1.75. The summed E-state index contributed by atoms with van der Waals surface area (Å²) < 4.78 is 15.6. The van der Waals surface area contributed by atoms with E-state index < -0.39 is 6.03 Å². The summed E-state index contributed by atoms with van der Waals surface area (Å²) in [4.78, 5) is 24.5. The number of carbonyl (C=O) groups excluding carboxylic acids is 2. The molecule has 0 saturated carbocycles. The second-order valence-electron chi connectivity index (χ2n) is 5.02. The first-order valence-corrected chi connectivity index (χ1v) is 6.77. The number of benzene rings is 1. The highest BCUT2D eigenvalue weighted by Gasteiger charge is 2.28. The second-order valence-corrected chi connectivity index (χ2v) is 5.02. The number of amides is 3. The molecule has 1 aromatic carbocycles. The minimum Gasteiger partial charge on any atom is -0.278 e. The van der Waals surface area contributed by atoms with Crippen molar-refractivity contribution in [1.29, 1.82) is 0 Å². The minimum atomic E-state index is -0.522. The smallest absolute Gasteiger partial charge is 0.278 e. The predicted octanol–water partition coefficient (Wildman–Crippen LogP) is 1.97. The van der Waals surface area contributed by atoms with Gasteiger partial charge < -0.3 is 0 Å². The van der Waals surface area contributed by atoms with E-state index >= 15 is 0 Å². The molecule has 0 bridgehead atoms. The SMILES string of the molecule is CCc1cc2c(cc1F)c(N1CCC(=O)NC1=O)nn2C.[HH]. The molecule has 1 aliphatic heterocycles. The van der Waals surface area contributed by atoms with Crippen LogP contribution in [0.25, 0.3) is 10.9 Å². The number of nitrogens with zero attached hydrogens (tertiary/aromatic N) is 3. The molecule has 0 atom stereocenters. The van der Waals surface area contributed by atoms with Crippen molar-refractivity contribution in [2.75, 3.05) is 11.4 Å². The molecule has 1 saturated heterocycles. The fourth-order valence-corrected chi connectivity index (χ4v) is 2.54. The molecule has 1 N–H and O–H groups in total. The van der Waals surface area contributed by atoms with Gasteiger partial charge >= 0.3 is 6.03 Å². The molecule has 112 valence electrons. The number of rotatable bonds is 2. The Bertz CT molecular complexity index is 759. The maximum Gasteiger partial charge on any atom is 0.329 e. The molecule has 0 radical (unpaired) electrons. The average Bonchev–Trinajstić information content (AvgIpc) is 2.74. The summed E-state index contributed by atoms with van der Waals surface area (Å²) in [5.41, 5.74) is 1.36. The van der Waals surface area contributed by atoms with Crippen LogP contribution in [0.5, 0.6) is 0 Å². The summed E-state index contributed by atoms with van der Waals surface area (Å²) >= 11 is 0. The lowest BCUT2D eigenvalue weighted by Crippen LogP contribution is -2.49. The van der Waals surface area contributed by atoms with Crippen LogP contribution < -0.4 is 10.2 Å². The maximum atomic E-state index is 14.0. The molecular formula is C14H17FN4O2. The maximum absolute atomic E-state index is 14.0. The Morgan fingerprint density at radius 1 is 1.43 bits per heavy atom. The van der Waals surface area contributed by atoms with Gasteiger partial charge in [0, 0.05) is 26.8 Å². The van der Waals surface area contributed by atoms with Gasteiger partial charge in [-0.1, -0.05) is 6.92 Å². The van der Waals surface area contributed by atoms with Crippen LogP contribution in [-0.4, -0.2) is 28.3 Å². The molecule has 21 heavy (non-hydrogen) atoms.